The van der Waals surface area contributed by atoms with Crippen LogP contribution in [0.25, 0.3) is 0 Å². The van der Waals surface area contributed by atoms with Gasteiger partial charge in [0.15, 0.2) is 0 Å². The van der Waals surface area contributed by atoms with Crippen LogP contribution < -0.4 is 10.0 Å². The molecular formula is C26H33FN2O2S. The summed E-state index contributed by atoms with van der Waals surface area (Å²) in [7, 11) is -0.909. The van der Waals surface area contributed by atoms with Gasteiger partial charge in [0.1, 0.15) is 5.82 Å². The van der Waals surface area contributed by atoms with Crippen molar-refractivity contribution in [1.82, 2.24) is 10.0 Å². The lowest BCUT2D eigenvalue weighted by atomic mass is 9.75. The van der Waals surface area contributed by atoms with Gasteiger partial charge in [-0.15, -0.1) is 0 Å². The van der Waals surface area contributed by atoms with E-state index in [-0.39, 0.29) is 23.7 Å². The molecule has 1 fully saturated rings. The van der Waals surface area contributed by atoms with Crippen LogP contribution in [-0.2, 0) is 35.0 Å². The van der Waals surface area contributed by atoms with Crippen molar-refractivity contribution in [3.05, 3.63) is 70.5 Å². The van der Waals surface area contributed by atoms with Crippen LogP contribution in [0.2, 0.25) is 0 Å². The molecule has 2 aliphatic rings. The molecule has 0 saturated heterocycles. The number of carbonyl (C=O) groups is 1. The molecule has 0 bridgehead atoms. The van der Waals surface area contributed by atoms with Crippen LogP contribution in [0.3, 0.4) is 0 Å². The summed E-state index contributed by atoms with van der Waals surface area (Å²) in [4.78, 5) is 11.8. The first kappa shape index (κ1) is 23.1. The van der Waals surface area contributed by atoms with Crippen LogP contribution in [0.4, 0.5) is 4.39 Å². The molecule has 2 aromatic rings. The Morgan fingerprint density at radius 3 is 2.72 bits per heavy atom. The number of carbonyl (C=O) groups excluding carboxylic acids is 1. The molecule has 0 aromatic heterocycles. The van der Waals surface area contributed by atoms with E-state index in [9.17, 15) is 13.4 Å². The molecule has 0 radical (unpaired) electrons. The molecule has 2 aromatic carbocycles. The average Bonchev–Trinajstić information content (AvgIpc) is 3.56. The molecule has 0 spiro atoms. The van der Waals surface area contributed by atoms with Crippen molar-refractivity contribution in [2.24, 2.45) is 5.92 Å². The minimum atomic E-state index is -0.909. The summed E-state index contributed by atoms with van der Waals surface area (Å²) in [5.74, 6) is 1.31. The highest BCUT2D eigenvalue weighted by Crippen LogP contribution is 2.35. The summed E-state index contributed by atoms with van der Waals surface area (Å²) in [6.07, 6.45) is 6.81. The smallest absolute Gasteiger partial charge is 0.217 e. The topological polar surface area (TPSA) is 58.2 Å². The van der Waals surface area contributed by atoms with Crippen molar-refractivity contribution < 1.29 is 13.4 Å². The number of halogens is 1. The maximum atomic E-state index is 13.8. The van der Waals surface area contributed by atoms with Gasteiger partial charge >= 0.3 is 0 Å². The Bertz CT molecular complexity index is 976. The van der Waals surface area contributed by atoms with Gasteiger partial charge in [0.2, 0.25) is 5.91 Å². The monoisotopic (exact) mass is 456 g/mol. The van der Waals surface area contributed by atoms with Crippen LogP contribution in [0.1, 0.15) is 60.8 Å². The zero-order chi connectivity index (χ0) is 22.5. The summed E-state index contributed by atoms with van der Waals surface area (Å²) in [6.45, 7) is 2.31. The summed E-state index contributed by atoms with van der Waals surface area (Å²) in [5.41, 5.74) is 4.79. The fourth-order valence-electron chi connectivity index (χ4n) is 4.74. The molecule has 1 amide bonds. The molecule has 172 valence electrons. The number of hydrogen-bond acceptors (Lipinski definition) is 2. The van der Waals surface area contributed by atoms with Crippen molar-refractivity contribution in [3.63, 3.8) is 0 Å². The van der Waals surface area contributed by atoms with Crippen LogP contribution >= 0.6 is 0 Å². The second-order valence-electron chi connectivity index (χ2n) is 9.27. The SMILES string of the molecule is CC(=O)NC1CCc2ccc(CCCNS(=O)CC3CC3)cc2C1Cc1cccc(F)c1. The Morgan fingerprint density at radius 2 is 1.97 bits per heavy atom. The van der Waals surface area contributed by atoms with E-state index >= 15 is 0 Å². The van der Waals surface area contributed by atoms with Gasteiger partial charge in [-0.05, 0) is 85.3 Å². The van der Waals surface area contributed by atoms with Crippen LogP contribution in [0, 0.1) is 11.7 Å². The van der Waals surface area contributed by atoms with Crippen molar-refractivity contribution >= 4 is 16.9 Å². The Kier molecular flexibility index (Phi) is 7.74. The minimum Gasteiger partial charge on any atom is -0.353 e. The molecule has 0 heterocycles. The average molecular weight is 457 g/mol. The van der Waals surface area contributed by atoms with Crippen LogP contribution in [0.15, 0.2) is 42.5 Å². The second-order valence-corrected chi connectivity index (χ2v) is 10.6. The fourth-order valence-corrected chi connectivity index (χ4v) is 5.99. The van der Waals surface area contributed by atoms with E-state index in [1.54, 1.807) is 19.1 Å². The molecule has 0 aliphatic heterocycles. The fraction of sp³-hybridized carbons (Fsp3) is 0.500. The number of amides is 1. The molecule has 4 rings (SSSR count). The molecule has 1 saturated carbocycles. The largest absolute Gasteiger partial charge is 0.353 e. The lowest BCUT2D eigenvalue weighted by Gasteiger charge is -2.34. The highest BCUT2D eigenvalue weighted by Gasteiger charge is 2.30. The minimum absolute atomic E-state index is 0.0240. The van der Waals surface area contributed by atoms with E-state index in [0.717, 1.165) is 43.5 Å². The molecular weight excluding hydrogens is 423 g/mol. The van der Waals surface area contributed by atoms with E-state index in [1.807, 2.05) is 6.07 Å². The molecule has 32 heavy (non-hydrogen) atoms. The quantitative estimate of drug-likeness (QED) is 0.527. The van der Waals surface area contributed by atoms with Gasteiger partial charge in [0.05, 0.1) is 11.0 Å². The highest BCUT2D eigenvalue weighted by atomic mass is 32.2. The lowest BCUT2D eigenvalue weighted by Crippen LogP contribution is -2.41. The van der Waals surface area contributed by atoms with Gasteiger partial charge in [-0.25, -0.2) is 13.3 Å². The van der Waals surface area contributed by atoms with Crippen LogP contribution in [-0.4, -0.2) is 28.5 Å². The molecule has 2 N–H and O–H groups in total. The third kappa shape index (κ3) is 6.48. The first-order valence-electron chi connectivity index (χ1n) is 11.7. The van der Waals surface area contributed by atoms with Gasteiger partial charge in [0.25, 0.3) is 0 Å². The number of aryl methyl sites for hydroxylation is 2. The van der Waals surface area contributed by atoms with Crippen molar-refractivity contribution in [3.8, 4) is 0 Å². The Labute approximate surface area is 193 Å². The van der Waals surface area contributed by atoms with E-state index in [4.69, 9.17) is 0 Å². The van der Waals surface area contributed by atoms with Gasteiger partial charge < -0.3 is 5.32 Å². The summed E-state index contributed by atoms with van der Waals surface area (Å²) in [5, 5.41) is 3.14. The predicted octanol–water partition coefficient (Wildman–Crippen LogP) is 4.20. The van der Waals surface area contributed by atoms with E-state index in [2.05, 4.69) is 28.2 Å². The third-order valence-electron chi connectivity index (χ3n) is 6.54. The Morgan fingerprint density at radius 1 is 1.12 bits per heavy atom. The summed E-state index contributed by atoms with van der Waals surface area (Å²) < 4.78 is 28.9. The van der Waals surface area contributed by atoms with E-state index in [1.165, 1.54) is 35.6 Å². The van der Waals surface area contributed by atoms with Gasteiger partial charge in [0, 0.05) is 31.2 Å². The van der Waals surface area contributed by atoms with Crippen molar-refractivity contribution in [2.75, 3.05) is 12.3 Å². The number of benzene rings is 2. The maximum absolute atomic E-state index is 13.8. The van der Waals surface area contributed by atoms with E-state index < -0.39 is 11.0 Å². The standard InChI is InChI=1S/C26H33FN2O2S/c1-18(30)29-26-12-11-22-10-9-19(5-3-13-28-32(31)17-20-7-8-20)15-24(22)25(26)16-21-4-2-6-23(27)14-21/h2,4,6,9-10,14-15,20,25-26,28H,3,5,7-8,11-13,16-17H2,1H3,(H,29,30). The number of nitrogens with one attached hydrogen (secondary N) is 2. The lowest BCUT2D eigenvalue weighted by molar-refractivity contribution is -0.119. The Hall–Kier alpha value is -2.05. The zero-order valence-electron chi connectivity index (χ0n) is 18.7. The molecule has 2 aliphatic carbocycles. The summed E-state index contributed by atoms with van der Waals surface area (Å²) >= 11 is 0. The van der Waals surface area contributed by atoms with Crippen molar-refractivity contribution in [1.29, 1.82) is 0 Å². The van der Waals surface area contributed by atoms with Crippen molar-refractivity contribution in [2.45, 2.75) is 63.8 Å². The molecule has 3 unspecified atom stereocenters. The molecule has 4 nitrogen and oxygen atoms in total. The maximum Gasteiger partial charge on any atom is 0.217 e. The van der Waals surface area contributed by atoms with E-state index in [0.29, 0.717) is 12.3 Å². The first-order valence-corrected chi connectivity index (χ1v) is 13.0. The number of hydrogen-bond donors (Lipinski definition) is 2. The van der Waals surface area contributed by atoms with Crippen LogP contribution in [0.5, 0.6) is 0 Å². The molecule has 6 heteroatoms. The second kappa shape index (κ2) is 10.7. The normalized spacial score (nSPS) is 21.1. The van der Waals surface area contributed by atoms with Gasteiger partial charge in [-0.3, -0.25) is 4.79 Å². The van der Waals surface area contributed by atoms with Gasteiger partial charge in [-0.1, -0.05) is 30.3 Å². The predicted molar refractivity (Wildman–Crippen MR) is 127 cm³/mol. The molecule has 3 atom stereocenters. The number of fused-ring (bicyclic) bond motifs is 1. The zero-order valence-corrected chi connectivity index (χ0v) is 19.6. The number of rotatable bonds is 10. The van der Waals surface area contributed by atoms with Gasteiger partial charge in [-0.2, -0.15) is 0 Å². The third-order valence-corrected chi connectivity index (χ3v) is 7.84. The highest BCUT2D eigenvalue weighted by molar-refractivity contribution is 7.83. The first-order chi connectivity index (χ1) is 15.5. The summed E-state index contributed by atoms with van der Waals surface area (Å²) in [6, 6.07) is 13.5. The Balaban J connectivity index is 1.45.